The van der Waals surface area contributed by atoms with E-state index in [1.807, 2.05) is 6.92 Å². The SMILES string of the molecule is CC(CCBr)c1c(F)cccc1Cl. The lowest BCUT2D eigenvalue weighted by Gasteiger charge is -2.12. The van der Waals surface area contributed by atoms with Crippen LogP contribution in [0.4, 0.5) is 4.39 Å². The van der Waals surface area contributed by atoms with E-state index in [1.165, 1.54) is 6.07 Å². The lowest BCUT2D eigenvalue weighted by Crippen LogP contribution is -1.99. The Kier molecular flexibility index (Phi) is 4.20. The molecule has 1 aromatic rings. The van der Waals surface area contributed by atoms with E-state index in [-0.39, 0.29) is 11.7 Å². The first kappa shape index (κ1) is 11.0. The van der Waals surface area contributed by atoms with Crippen LogP contribution >= 0.6 is 27.5 Å². The molecule has 1 rings (SSSR count). The van der Waals surface area contributed by atoms with Crippen LogP contribution in [-0.2, 0) is 0 Å². The molecule has 1 unspecified atom stereocenters. The summed E-state index contributed by atoms with van der Waals surface area (Å²) < 4.78 is 13.3. The number of rotatable bonds is 3. The molecule has 0 saturated carbocycles. The Labute approximate surface area is 91.2 Å². The summed E-state index contributed by atoms with van der Waals surface area (Å²) in [5.41, 5.74) is 0.628. The third kappa shape index (κ3) is 2.68. The summed E-state index contributed by atoms with van der Waals surface area (Å²) in [7, 11) is 0. The Morgan fingerprint density at radius 1 is 1.54 bits per heavy atom. The lowest BCUT2D eigenvalue weighted by atomic mass is 9.98. The van der Waals surface area contributed by atoms with Crippen LogP contribution in [-0.4, -0.2) is 5.33 Å². The van der Waals surface area contributed by atoms with Crippen molar-refractivity contribution in [1.82, 2.24) is 0 Å². The van der Waals surface area contributed by atoms with E-state index in [4.69, 9.17) is 11.6 Å². The zero-order valence-corrected chi connectivity index (χ0v) is 9.70. The zero-order valence-electron chi connectivity index (χ0n) is 7.36. The second-order valence-electron chi connectivity index (χ2n) is 3.01. The van der Waals surface area contributed by atoms with Gasteiger partial charge in [0.2, 0.25) is 0 Å². The molecule has 0 saturated heterocycles. The first-order valence-corrected chi connectivity index (χ1v) is 5.66. The van der Waals surface area contributed by atoms with Crippen molar-refractivity contribution in [2.24, 2.45) is 0 Å². The summed E-state index contributed by atoms with van der Waals surface area (Å²) in [5.74, 6) is -0.0472. The Balaban J connectivity index is 2.98. The van der Waals surface area contributed by atoms with Crippen molar-refractivity contribution >= 4 is 27.5 Å². The fourth-order valence-electron chi connectivity index (χ4n) is 1.29. The largest absolute Gasteiger partial charge is 0.207 e. The van der Waals surface area contributed by atoms with Crippen LogP contribution in [0.15, 0.2) is 18.2 Å². The van der Waals surface area contributed by atoms with Crippen LogP contribution in [0.25, 0.3) is 0 Å². The number of benzene rings is 1. The highest BCUT2D eigenvalue weighted by Gasteiger charge is 2.13. The lowest BCUT2D eigenvalue weighted by molar-refractivity contribution is 0.585. The minimum Gasteiger partial charge on any atom is -0.207 e. The van der Waals surface area contributed by atoms with Crippen LogP contribution in [0, 0.1) is 5.82 Å². The Morgan fingerprint density at radius 3 is 2.77 bits per heavy atom. The number of hydrogen-bond acceptors (Lipinski definition) is 0. The summed E-state index contributed by atoms with van der Waals surface area (Å²) in [4.78, 5) is 0. The maximum Gasteiger partial charge on any atom is 0.128 e. The van der Waals surface area contributed by atoms with Gasteiger partial charge in [-0.15, -0.1) is 0 Å². The van der Waals surface area contributed by atoms with Crippen molar-refractivity contribution in [2.45, 2.75) is 19.3 Å². The second-order valence-corrected chi connectivity index (χ2v) is 4.21. The Bertz CT molecular complexity index is 268. The second kappa shape index (κ2) is 4.97. The van der Waals surface area contributed by atoms with E-state index in [0.717, 1.165) is 11.8 Å². The predicted octanol–water partition coefficient (Wildman–Crippen LogP) is 4.37. The van der Waals surface area contributed by atoms with Crippen molar-refractivity contribution in [3.05, 3.63) is 34.6 Å². The molecule has 0 spiro atoms. The van der Waals surface area contributed by atoms with Gasteiger partial charge < -0.3 is 0 Å². The molecule has 1 aromatic carbocycles. The minimum absolute atomic E-state index is 0.160. The standard InChI is InChI=1S/C10H11BrClF/c1-7(5-6-11)10-8(12)3-2-4-9(10)13/h2-4,7H,5-6H2,1H3. The maximum absolute atomic E-state index is 13.3. The Hall–Kier alpha value is -0.0800. The molecular formula is C10H11BrClF. The molecular weight excluding hydrogens is 254 g/mol. The van der Waals surface area contributed by atoms with Gasteiger partial charge in [-0.25, -0.2) is 4.39 Å². The van der Waals surface area contributed by atoms with Crippen molar-refractivity contribution in [1.29, 1.82) is 0 Å². The molecule has 0 amide bonds. The van der Waals surface area contributed by atoms with Gasteiger partial charge in [0.1, 0.15) is 5.82 Å². The van der Waals surface area contributed by atoms with Crippen LogP contribution < -0.4 is 0 Å². The van der Waals surface area contributed by atoms with Gasteiger partial charge in [0, 0.05) is 15.9 Å². The topological polar surface area (TPSA) is 0 Å². The van der Waals surface area contributed by atoms with E-state index < -0.39 is 0 Å². The summed E-state index contributed by atoms with van der Waals surface area (Å²) in [6.07, 6.45) is 0.890. The molecule has 0 aromatic heterocycles. The molecule has 3 heteroatoms. The molecule has 1 atom stereocenters. The van der Waals surface area contributed by atoms with Crippen molar-refractivity contribution in [2.75, 3.05) is 5.33 Å². The number of alkyl halides is 1. The van der Waals surface area contributed by atoms with Crippen LogP contribution in [0.3, 0.4) is 0 Å². The first-order chi connectivity index (χ1) is 6.16. The predicted molar refractivity (Wildman–Crippen MR) is 58.2 cm³/mol. The number of halogens is 3. The van der Waals surface area contributed by atoms with Crippen LogP contribution in [0.1, 0.15) is 24.8 Å². The fraction of sp³-hybridized carbons (Fsp3) is 0.400. The molecule has 0 N–H and O–H groups in total. The monoisotopic (exact) mass is 264 g/mol. The van der Waals surface area contributed by atoms with Gasteiger partial charge in [-0.3, -0.25) is 0 Å². The first-order valence-electron chi connectivity index (χ1n) is 4.16. The van der Waals surface area contributed by atoms with Crippen molar-refractivity contribution < 1.29 is 4.39 Å². The summed E-state index contributed by atoms with van der Waals surface area (Å²) in [5, 5.41) is 1.38. The molecule has 0 fully saturated rings. The van der Waals surface area contributed by atoms with Gasteiger partial charge >= 0.3 is 0 Å². The molecule has 0 bridgehead atoms. The van der Waals surface area contributed by atoms with Gasteiger partial charge in [-0.2, -0.15) is 0 Å². The van der Waals surface area contributed by atoms with Gasteiger partial charge in [0.05, 0.1) is 0 Å². The van der Waals surface area contributed by atoms with Gasteiger partial charge in [0.25, 0.3) is 0 Å². The molecule has 72 valence electrons. The molecule has 13 heavy (non-hydrogen) atoms. The third-order valence-electron chi connectivity index (χ3n) is 2.03. The smallest absolute Gasteiger partial charge is 0.128 e. The van der Waals surface area contributed by atoms with Gasteiger partial charge in [0.15, 0.2) is 0 Å². The minimum atomic E-state index is -0.207. The highest BCUT2D eigenvalue weighted by molar-refractivity contribution is 9.09. The van der Waals surface area contributed by atoms with E-state index in [1.54, 1.807) is 12.1 Å². The van der Waals surface area contributed by atoms with Gasteiger partial charge in [-0.05, 0) is 24.5 Å². The van der Waals surface area contributed by atoms with Crippen molar-refractivity contribution in [3.8, 4) is 0 Å². The maximum atomic E-state index is 13.3. The fourth-order valence-corrected chi connectivity index (χ4v) is 2.33. The number of hydrogen-bond donors (Lipinski definition) is 0. The van der Waals surface area contributed by atoms with E-state index in [9.17, 15) is 4.39 Å². The zero-order chi connectivity index (χ0) is 9.84. The highest BCUT2D eigenvalue weighted by atomic mass is 79.9. The highest BCUT2D eigenvalue weighted by Crippen LogP contribution is 2.29. The molecule has 0 aliphatic heterocycles. The quantitative estimate of drug-likeness (QED) is 0.712. The normalized spacial score (nSPS) is 12.9. The molecule has 0 aliphatic carbocycles. The van der Waals surface area contributed by atoms with Crippen LogP contribution in [0.2, 0.25) is 5.02 Å². The summed E-state index contributed by atoms with van der Waals surface area (Å²) in [6, 6.07) is 4.80. The van der Waals surface area contributed by atoms with Gasteiger partial charge in [-0.1, -0.05) is 40.5 Å². The van der Waals surface area contributed by atoms with E-state index in [0.29, 0.717) is 10.6 Å². The summed E-state index contributed by atoms with van der Waals surface area (Å²) in [6.45, 7) is 1.98. The molecule has 0 aliphatic rings. The van der Waals surface area contributed by atoms with E-state index >= 15 is 0 Å². The van der Waals surface area contributed by atoms with Crippen LogP contribution in [0.5, 0.6) is 0 Å². The summed E-state index contributed by atoms with van der Waals surface area (Å²) >= 11 is 9.24. The van der Waals surface area contributed by atoms with Crippen molar-refractivity contribution in [3.63, 3.8) is 0 Å². The molecule has 0 nitrogen and oxygen atoms in total. The molecule has 0 radical (unpaired) electrons. The van der Waals surface area contributed by atoms with E-state index in [2.05, 4.69) is 15.9 Å². The average Bonchev–Trinajstić information content (AvgIpc) is 2.04. The molecule has 0 heterocycles. The average molecular weight is 266 g/mol. The third-order valence-corrected chi connectivity index (χ3v) is 2.82. The Morgan fingerprint density at radius 2 is 2.23 bits per heavy atom.